The van der Waals surface area contributed by atoms with Crippen LogP contribution in [0.1, 0.15) is 47.5 Å². The van der Waals surface area contributed by atoms with E-state index in [0.717, 1.165) is 19.8 Å². The summed E-state index contributed by atoms with van der Waals surface area (Å²) in [5.41, 5.74) is 0.430. The van der Waals surface area contributed by atoms with Gasteiger partial charge in [-0.15, -0.1) is 0 Å². The number of hydrogen-bond acceptors (Lipinski definition) is 2. The molecule has 0 aliphatic heterocycles. The summed E-state index contributed by atoms with van der Waals surface area (Å²) in [6, 6.07) is 0.527. The highest BCUT2D eigenvalue weighted by atomic mass is 16.5. The normalized spacial score (nSPS) is 14.4. The third-order valence-electron chi connectivity index (χ3n) is 2.26. The average molecular weight is 201 g/mol. The number of nitrogens with one attached hydrogen (secondary N) is 1. The fraction of sp³-hybridized carbons (Fsp3) is 1.00. The lowest BCUT2D eigenvalue weighted by Crippen LogP contribution is -2.34. The van der Waals surface area contributed by atoms with Crippen LogP contribution in [-0.2, 0) is 4.74 Å². The van der Waals surface area contributed by atoms with Crippen LogP contribution >= 0.6 is 0 Å². The standard InChI is InChI=1S/C12H27NO/c1-6-13-11(10-14-7-2)8-9-12(3,4)5/h11,13H,6-10H2,1-5H3. The Labute approximate surface area is 89.4 Å². The second kappa shape index (κ2) is 7.24. The minimum atomic E-state index is 0.430. The molecule has 0 aromatic carbocycles. The quantitative estimate of drug-likeness (QED) is 0.684. The average Bonchev–Trinajstić information content (AvgIpc) is 2.08. The van der Waals surface area contributed by atoms with Crippen LogP contribution in [0.15, 0.2) is 0 Å². The molecule has 2 nitrogen and oxygen atoms in total. The molecular formula is C12H27NO. The van der Waals surface area contributed by atoms with Crippen molar-refractivity contribution in [2.45, 2.75) is 53.5 Å². The van der Waals surface area contributed by atoms with Gasteiger partial charge in [0.2, 0.25) is 0 Å². The van der Waals surface area contributed by atoms with Crippen molar-refractivity contribution in [1.29, 1.82) is 0 Å². The van der Waals surface area contributed by atoms with Crippen molar-refractivity contribution in [2.24, 2.45) is 5.41 Å². The summed E-state index contributed by atoms with van der Waals surface area (Å²) in [7, 11) is 0. The van der Waals surface area contributed by atoms with Gasteiger partial charge < -0.3 is 10.1 Å². The lowest BCUT2D eigenvalue weighted by molar-refractivity contribution is 0.116. The molecule has 86 valence electrons. The van der Waals surface area contributed by atoms with Crippen molar-refractivity contribution < 1.29 is 4.74 Å². The van der Waals surface area contributed by atoms with Crippen molar-refractivity contribution >= 4 is 0 Å². The predicted octanol–water partition coefficient (Wildman–Crippen LogP) is 2.83. The van der Waals surface area contributed by atoms with E-state index in [4.69, 9.17) is 4.74 Å². The van der Waals surface area contributed by atoms with Gasteiger partial charge in [0, 0.05) is 12.6 Å². The molecule has 0 bridgehead atoms. The zero-order chi connectivity index (χ0) is 11.0. The Morgan fingerprint density at radius 3 is 2.29 bits per heavy atom. The Bertz CT molecular complexity index is 129. The minimum absolute atomic E-state index is 0.430. The van der Waals surface area contributed by atoms with E-state index in [1.54, 1.807) is 0 Å². The lowest BCUT2D eigenvalue weighted by Gasteiger charge is -2.23. The third-order valence-corrected chi connectivity index (χ3v) is 2.26. The summed E-state index contributed by atoms with van der Waals surface area (Å²) in [5.74, 6) is 0. The highest BCUT2D eigenvalue weighted by Gasteiger charge is 2.14. The van der Waals surface area contributed by atoms with Gasteiger partial charge in [-0.25, -0.2) is 0 Å². The van der Waals surface area contributed by atoms with E-state index in [9.17, 15) is 0 Å². The van der Waals surface area contributed by atoms with Crippen molar-refractivity contribution in [2.75, 3.05) is 19.8 Å². The van der Waals surface area contributed by atoms with E-state index >= 15 is 0 Å². The molecule has 0 heterocycles. The highest BCUT2D eigenvalue weighted by Crippen LogP contribution is 2.21. The summed E-state index contributed by atoms with van der Waals surface area (Å²) < 4.78 is 5.45. The maximum absolute atomic E-state index is 5.45. The molecule has 0 aromatic heterocycles. The van der Waals surface area contributed by atoms with Gasteiger partial charge in [0.1, 0.15) is 0 Å². The van der Waals surface area contributed by atoms with E-state index in [-0.39, 0.29) is 0 Å². The fourth-order valence-corrected chi connectivity index (χ4v) is 1.40. The molecule has 0 rings (SSSR count). The number of ether oxygens (including phenoxy) is 1. The first-order valence-corrected chi connectivity index (χ1v) is 5.80. The molecule has 1 atom stereocenters. The van der Waals surface area contributed by atoms with Crippen LogP contribution in [-0.4, -0.2) is 25.8 Å². The van der Waals surface area contributed by atoms with Crippen LogP contribution in [0, 0.1) is 5.41 Å². The molecule has 14 heavy (non-hydrogen) atoms. The van der Waals surface area contributed by atoms with Gasteiger partial charge >= 0.3 is 0 Å². The molecule has 0 fully saturated rings. The Morgan fingerprint density at radius 2 is 1.86 bits per heavy atom. The van der Waals surface area contributed by atoms with Gasteiger partial charge in [-0.05, 0) is 31.7 Å². The van der Waals surface area contributed by atoms with Crippen LogP contribution in [0.2, 0.25) is 0 Å². The van der Waals surface area contributed by atoms with Crippen LogP contribution in [0.5, 0.6) is 0 Å². The second-order valence-electron chi connectivity index (χ2n) is 5.01. The van der Waals surface area contributed by atoms with Gasteiger partial charge in [-0.1, -0.05) is 27.7 Å². The minimum Gasteiger partial charge on any atom is -0.380 e. The zero-order valence-corrected chi connectivity index (χ0v) is 10.5. The van der Waals surface area contributed by atoms with Crippen molar-refractivity contribution in [3.8, 4) is 0 Å². The Hall–Kier alpha value is -0.0800. The maximum atomic E-state index is 5.45. The summed E-state index contributed by atoms with van der Waals surface area (Å²) in [6.07, 6.45) is 2.45. The van der Waals surface area contributed by atoms with Gasteiger partial charge in [-0.2, -0.15) is 0 Å². The predicted molar refractivity (Wildman–Crippen MR) is 62.6 cm³/mol. The molecule has 0 aromatic rings. The maximum Gasteiger partial charge on any atom is 0.0619 e. The number of likely N-dealkylation sites (N-methyl/N-ethyl adjacent to an activating group) is 1. The van der Waals surface area contributed by atoms with E-state index in [1.165, 1.54) is 12.8 Å². The molecule has 0 radical (unpaired) electrons. The molecule has 0 saturated heterocycles. The number of hydrogen-bond donors (Lipinski definition) is 1. The van der Waals surface area contributed by atoms with Gasteiger partial charge in [-0.3, -0.25) is 0 Å². The number of rotatable bonds is 7. The van der Waals surface area contributed by atoms with Crippen LogP contribution < -0.4 is 5.32 Å². The molecule has 0 spiro atoms. The van der Waals surface area contributed by atoms with E-state index in [0.29, 0.717) is 11.5 Å². The largest absolute Gasteiger partial charge is 0.380 e. The Kier molecular flexibility index (Phi) is 7.20. The molecule has 0 amide bonds. The molecular weight excluding hydrogens is 174 g/mol. The van der Waals surface area contributed by atoms with Crippen LogP contribution in [0.4, 0.5) is 0 Å². The van der Waals surface area contributed by atoms with Crippen LogP contribution in [0.3, 0.4) is 0 Å². The first kappa shape index (κ1) is 13.9. The highest BCUT2D eigenvalue weighted by molar-refractivity contribution is 4.70. The van der Waals surface area contributed by atoms with Gasteiger partial charge in [0.05, 0.1) is 6.61 Å². The van der Waals surface area contributed by atoms with Crippen molar-refractivity contribution in [3.63, 3.8) is 0 Å². The first-order valence-electron chi connectivity index (χ1n) is 5.80. The third kappa shape index (κ3) is 8.52. The zero-order valence-electron chi connectivity index (χ0n) is 10.5. The second-order valence-corrected chi connectivity index (χ2v) is 5.01. The smallest absolute Gasteiger partial charge is 0.0619 e. The molecule has 1 unspecified atom stereocenters. The van der Waals surface area contributed by atoms with Crippen molar-refractivity contribution in [1.82, 2.24) is 5.32 Å². The first-order chi connectivity index (χ1) is 6.49. The van der Waals surface area contributed by atoms with Crippen molar-refractivity contribution in [3.05, 3.63) is 0 Å². The SMILES string of the molecule is CCNC(CCC(C)(C)C)COCC. The lowest BCUT2D eigenvalue weighted by atomic mass is 9.89. The topological polar surface area (TPSA) is 21.3 Å². The van der Waals surface area contributed by atoms with E-state index in [2.05, 4.69) is 33.0 Å². The molecule has 0 saturated carbocycles. The molecule has 0 aliphatic rings. The molecule has 2 heteroatoms. The van der Waals surface area contributed by atoms with E-state index < -0.39 is 0 Å². The van der Waals surface area contributed by atoms with Crippen LogP contribution in [0.25, 0.3) is 0 Å². The Balaban J connectivity index is 3.72. The fourth-order valence-electron chi connectivity index (χ4n) is 1.40. The monoisotopic (exact) mass is 201 g/mol. The van der Waals surface area contributed by atoms with Gasteiger partial charge in [0.25, 0.3) is 0 Å². The van der Waals surface area contributed by atoms with Gasteiger partial charge in [0.15, 0.2) is 0 Å². The Morgan fingerprint density at radius 1 is 1.21 bits per heavy atom. The summed E-state index contributed by atoms with van der Waals surface area (Å²) >= 11 is 0. The summed E-state index contributed by atoms with van der Waals surface area (Å²) in [6.45, 7) is 13.8. The van der Waals surface area contributed by atoms with E-state index in [1.807, 2.05) is 6.92 Å². The summed E-state index contributed by atoms with van der Waals surface area (Å²) in [5, 5.41) is 3.46. The molecule has 1 N–H and O–H groups in total. The summed E-state index contributed by atoms with van der Waals surface area (Å²) in [4.78, 5) is 0. The molecule has 0 aliphatic carbocycles.